The SMILES string of the molecule is [B]c1c([B])c([B])c(-c2nc(-c3c([B])c([B])c4c(oc5c([B])c([B])c([B])c(-c6c([B])c([B])c([B])c([B])c6[B])c54)c3[B])nc(-n3c4c([B])c([B])c([B])c([B])c4c4c([B])c([B])c([B])c([B])c43)n2)c([B])c1[B]. The fourth-order valence-electron chi connectivity index (χ4n) is 8.68. The van der Waals surface area contributed by atoms with Gasteiger partial charge in [-0.2, -0.15) is 9.97 Å². The van der Waals surface area contributed by atoms with Crippen LogP contribution in [0.15, 0.2) is 4.42 Å². The van der Waals surface area contributed by atoms with Gasteiger partial charge < -0.3 is 4.42 Å². The van der Waals surface area contributed by atoms with Crippen LogP contribution in [0.5, 0.6) is 0 Å². The molecule has 3 heterocycles. The van der Waals surface area contributed by atoms with Crippen LogP contribution in [-0.2, 0) is 0 Å². The molecule has 0 N–H and O–H groups in total. The highest BCUT2D eigenvalue weighted by atomic mass is 16.3. The van der Waals surface area contributed by atoms with Crippen molar-refractivity contribution in [3.63, 3.8) is 0 Å². The molecule has 0 saturated heterocycles. The van der Waals surface area contributed by atoms with Gasteiger partial charge in [0.15, 0.2) is 11.6 Å². The van der Waals surface area contributed by atoms with Crippen molar-refractivity contribution in [2.45, 2.75) is 0 Å². The maximum atomic E-state index is 7.07. The minimum absolute atomic E-state index is 0.0338. The predicted octanol–water partition coefficient (Wildman–Crippen LogP) is -19.1. The van der Waals surface area contributed by atoms with Crippen molar-refractivity contribution < 1.29 is 4.42 Å². The molecule has 0 unspecified atom stereocenters. The highest BCUT2D eigenvalue weighted by Crippen LogP contribution is 2.33. The molecule has 68 heavy (non-hydrogen) atoms. The van der Waals surface area contributed by atoms with Gasteiger partial charge in [-0.05, 0) is 27.4 Å². The largest absolute Gasteiger partial charge is 0.457 e. The zero-order chi connectivity index (χ0) is 49.9. The second kappa shape index (κ2) is 16.5. The highest BCUT2D eigenvalue weighted by molar-refractivity contribution is 6.74. The highest BCUT2D eigenvalue weighted by Gasteiger charge is 2.30. The van der Waals surface area contributed by atoms with Crippen LogP contribution in [0, 0.1) is 0 Å². The minimum Gasteiger partial charge on any atom is -0.457 e. The number of furan rings is 1. The van der Waals surface area contributed by atoms with Gasteiger partial charge in [-0.1, -0.05) is 65.6 Å². The van der Waals surface area contributed by atoms with Gasteiger partial charge in [0.05, 0.1) is 0 Å². The van der Waals surface area contributed by atoms with Crippen molar-refractivity contribution in [2.24, 2.45) is 0 Å². The van der Waals surface area contributed by atoms with E-state index in [0.29, 0.717) is 0 Å². The van der Waals surface area contributed by atoms with E-state index in [0.717, 1.165) is 0 Å². The van der Waals surface area contributed by atoms with E-state index in [9.17, 15) is 0 Å². The van der Waals surface area contributed by atoms with Crippen molar-refractivity contribution >= 4 is 363 Å². The second-order valence-corrected chi connectivity index (χ2v) is 16.0. The lowest BCUT2D eigenvalue weighted by molar-refractivity contribution is 0.674. The minimum atomic E-state index is -0.318. The van der Waals surface area contributed by atoms with E-state index in [-0.39, 0.29) is 215 Å². The third-order valence-electron chi connectivity index (χ3n) is 12.5. The van der Waals surface area contributed by atoms with Crippen molar-refractivity contribution in [3.8, 4) is 39.9 Å². The van der Waals surface area contributed by atoms with E-state index in [4.69, 9.17) is 208 Å². The van der Waals surface area contributed by atoms with Crippen molar-refractivity contribution in [1.29, 1.82) is 0 Å². The molecule has 254 valence electrons. The summed E-state index contributed by atoms with van der Waals surface area (Å²) in [6.45, 7) is 0. The van der Waals surface area contributed by atoms with Gasteiger partial charge in [0.1, 0.15) is 199 Å². The number of nitrogens with zero attached hydrogens (tertiary/aromatic N) is 4. The van der Waals surface area contributed by atoms with Crippen LogP contribution in [0.3, 0.4) is 0 Å². The van der Waals surface area contributed by atoms with Gasteiger partial charge in [-0.3, -0.25) is 4.57 Å². The third kappa shape index (κ3) is 6.40. The Bertz CT molecular complexity index is 3730. The molecule has 0 aliphatic heterocycles. The van der Waals surface area contributed by atoms with Crippen LogP contribution in [0.4, 0.5) is 0 Å². The summed E-state index contributed by atoms with van der Waals surface area (Å²) in [7, 11) is 157. The lowest BCUT2D eigenvalue weighted by Crippen LogP contribution is -2.56. The molecule has 0 fully saturated rings. The van der Waals surface area contributed by atoms with Crippen molar-refractivity contribution in [1.82, 2.24) is 19.5 Å². The maximum Gasteiger partial charge on any atom is 0.238 e. The first-order chi connectivity index (χ1) is 31.8. The molecule has 9 aromatic rings. The van der Waals surface area contributed by atoms with E-state index >= 15 is 0 Å². The Morgan fingerprint density at radius 1 is 0.235 bits per heavy atom. The molecule has 0 atom stereocenters. The summed E-state index contributed by atoms with van der Waals surface area (Å²) in [4.78, 5) is 14.4. The van der Waals surface area contributed by atoms with E-state index in [1.165, 1.54) is 4.57 Å². The van der Waals surface area contributed by atoms with Crippen LogP contribution < -0.4 is 131 Å². The Morgan fingerprint density at radius 3 is 0.971 bits per heavy atom. The van der Waals surface area contributed by atoms with Gasteiger partial charge >= 0.3 is 0 Å². The fourth-order valence-corrected chi connectivity index (χ4v) is 8.68. The number of aromatic nitrogens is 4. The maximum absolute atomic E-state index is 7.07. The summed E-state index contributed by atoms with van der Waals surface area (Å²) in [5.74, 6) is -0.930. The summed E-state index contributed by atoms with van der Waals surface area (Å²) >= 11 is 0. The molecule has 0 aliphatic carbocycles. The molecule has 0 spiro atoms. The molecular formula is C39B24N4O. The molecule has 0 amide bonds. The Hall–Kier alpha value is -4.51. The van der Waals surface area contributed by atoms with Gasteiger partial charge in [-0.25, -0.2) is 4.98 Å². The molecule has 29 heteroatoms. The molecular weight excluding hydrogens is 800 g/mol. The molecule has 3 aromatic heterocycles. The summed E-state index contributed by atoms with van der Waals surface area (Å²) in [6.07, 6.45) is 0. The van der Waals surface area contributed by atoms with Gasteiger partial charge in [0, 0.05) is 32.9 Å². The average Bonchev–Trinajstić information content (AvgIpc) is 3.89. The molecule has 0 saturated carbocycles. The van der Waals surface area contributed by atoms with Crippen LogP contribution in [-0.4, -0.2) is 208 Å². The lowest BCUT2D eigenvalue weighted by Gasteiger charge is -2.25. The smallest absolute Gasteiger partial charge is 0.238 e. The third-order valence-corrected chi connectivity index (χ3v) is 12.5. The summed E-state index contributed by atoms with van der Waals surface area (Å²) in [5.41, 5.74) is -3.32. The normalized spacial score (nSPS) is 11.8. The predicted molar refractivity (Wildman–Crippen MR) is 307 cm³/mol. The Kier molecular flexibility index (Phi) is 11.8. The Balaban J connectivity index is 1.49. The van der Waals surface area contributed by atoms with Crippen LogP contribution in [0.25, 0.3) is 83.6 Å². The number of fused-ring (bicyclic) bond motifs is 6. The fraction of sp³-hybridized carbons (Fsp3) is 0. The molecule has 48 radical (unpaired) electrons. The number of benzene rings is 6. The van der Waals surface area contributed by atoms with Gasteiger partial charge in [0.2, 0.25) is 5.95 Å². The zero-order valence-corrected chi connectivity index (χ0v) is 35.6. The van der Waals surface area contributed by atoms with E-state index in [1.807, 2.05) is 0 Å². The Labute approximate surface area is 424 Å². The number of rotatable bonds is 4. The van der Waals surface area contributed by atoms with Crippen LogP contribution in [0.1, 0.15) is 0 Å². The lowest BCUT2D eigenvalue weighted by atomic mass is 9.58. The first-order valence-corrected chi connectivity index (χ1v) is 19.6. The summed E-state index contributed by atoms with van der Waals surface area (Å²) < 4.78 is 7.77. The van der Waals surface area contributed by atoms with Crippen LogP contribution in [0.2, 0.25) is 0 Å². The van der Waals surface area contributed by atoms with E-state index in [1.54, 1.807) is 0 Å². The molecule has 9 rings (SSSR count). The summed E-state index contributed by atoms with van der Waals surface area (Å²) in [6, 6.07) is 0. The molecule has 6 aromatic carbocycles. The number of hydrogen-bond donors (Lipinski definition) is 0. The van der Waals surface area contributed by atoms with E-state index < -0.39 is 0 Å². The topological polar surface area (TPSA) is 56.7 Å². The monoisotopic (exact) mass is 804 g/mol. The van der Waals surface area contributed by atoms with Crippen molar-refractivity contribution in [2.75, 3.05) is 0 Å². The molecule has 5 nitrogen and oxygen atoms in total. The van der Waals surface area contributed by atoms with Crippen molar-refractivity contribution in [3.05, 3.63) is 0 Å². The Morgan fingerprint density at radius 2 is 0.529 bits per heavy atom. The molecule has 0 aliphatic rings. The first-order valence-electron chi connectivity index (χ1n) is 19.6. The molecule has 0 bridgehead atoms. The van der Waals surface area contributed by atoms with E-state index in [2.05, 4.69) is 0 Å². The second-order valence-electron chi connectivity index (χ2n) is 16.0. The van der Waals surface area contributed by atoms with Gasteiger partial charge in [-0.15, -0.1) is 60.1 Å². The number of hydrogen-bond acceptors (Lipinski definition) is 4. The summed E-state index contributed by atoms with van der Waals surface area (Å²) in [5, 5.41) is 0.470. The average molecular weight is 800 g/mol. The van der Waals surface area contributed by atoms with Gasteiger partial charge in [0.25, 0.3) is 0 Å². The zero-order valence-electron chi connectivity index (χ0n) is 35.6. The first kappa shape index (κ1) is 48.5. The quantitative estimate of drug-likeness (QED) is 0.166. The standard InChI is InChI=1S/C39B24N4O/c40-9-1(3-10(41)19(50)26(57)20(51)11(3)42)2-6-14(45)15(46)8(18(49)36(6)68-35(2)32(63)25(9)56)38-64-37(7-16(47)23(54)27(58)24(55)17(7)48)65-39(66-38)67-33-4(12(43)21(52)28(59)30(33)61)5-13(44)22(53)29(60)31(62)34(5)67. The van der Waals surface area contributed by atoms with Crippen LogP contribution >= 0.6 is 0 Å².